The van der Waals surface area contributed by atoms with Crippen LogP contribution in [-0.4, -0.2) is 23.4 Å². The summed E-state index contributed by atoms with van der Waals surface area (Å²) in [6, 6.07) is 8.28. The van der Waals surface area contributed by atoms with Crippen molar-refractivity contribution in [2.75, 3.05) is 11.9 Å². The Morgan fingerprint density at radius 3 is 2.61 bits per heavy atom. The number of carbonyl (C=O) groups excluding carboxylic acids is 1. The number of anilines is 1. The summed E-state index contributed by atoms with van der Waals surface area (Å²) in [7, 11) is 0. The largest absolute Gasteiger partial charge is 0.468 e. The predicted octanol–water partition coefficient (Wildman–Crippen LogP) is 4.72. The third kappa shape index (κ3) is 4.46. The minimum atomic E-state index is -0.0197. The first-order valence-corrected chi connectivity index (χ1v) is 9.13. The second-order valence-electron chi connectivity index (χ2n) is 5.87. The van der Waals surface area contributed by atoms with Crippen LogP contribution in [0.15, 0.2) is 43.9 Å². The lowest BCUT2D eigenvalue weighted by Crippen LogP contribution is -2.34. The molecule has 1 heterocycles. The van der Waals surface area contributed by atoms with Gasteiger partial charge in [0.05, 0.1) is 25.0 Å². The molecule has 1 saturated carbocycles. The standard InChI is InChI=1S/C17H18Br2N2O2/c1-11-7-14(18)17(15(19)8-11)20-16(22)10-21(12-4-5-12)9-13-3-2-6-23-13/h2-3,6-8,12H,4-5,9-10H2,1H3,(H,20,22). The molecule has 6 heteroatoms. The molecule has 0 atom stereocenters. The van der Waals surface area contributed by atoms with Crippen molar-refractivity contribution >= 4 is 43.5 Å². The summed E-state index contributed by atoms with van der Waals surface area (Å²) < 4.78 is 7.16. The highest BCUT2D eigenvalue weighted by Crippen LogP contribution is 2.33. The number of amides is 1. The van der Waals surface area contributed by atoms with Gasteiger partial charge in [-0.05, 0) is 81.5 Å². The summed E-state index contributed by atoms with van der Waals surface area (Å²) in [5, 5.41) is 2.99. The third-order valence-corrected chi connectivity index (χ3v) is 5.05. The van der Waals surface area contributed by atoms with Crippen molar-refractivity contribution in [1.82, 2.24) is 4.90 Å². The van der Waals surface area contributed by atoms with E-state index < -0.39 is 0 Å². The van der Waals surface area contributed by atoms with Crippen molar-refractivity contribution in [3.05, 3.63) is 50.8 Å². The van der Waals surface area contributed by atoms with Crippen LogP contribution in [0, 0.1) is 6.92 Å². The highest BCUT2D eigenvalue weighted by Gasteiger charge is 2.31. The van der Waals surface area contributed by atoms with Gasteiger partial charge in [-0.3, -0.25) is 9.69 Å². The van der Waals surface area contributed by atoms with Gasteiger partial charge in [0.25, 0.3) is 0 Å². The van der Waals surface area contributed by atoms with Crippen LogP contribution in [0.2, 0.25) is 0 Å². The zero-order valence-corrected chi connectivity index (χ0v) is 16.0. The van der Waals surface area contributed by atoms with Crippen LogP contribution in [0.5, 0.6) is 0 Å². The second-order valence-corrected chi connectivity index (χ2v) is 7.58. The van der Waals surface area contributed by atoms with Crippen molar-refractivity contribution in [2.24, 2.45) is 0 Å². The Bertz CT molecular complexity index is 674. The molecule has 1 amide bonds. The molecule has 2 aromatic rings. The summed E-state index contributed by atoms with van der Waals surface area (Å²) in [6.45, 7) is 3.04. The zero-order chi connectivity index (χ0) is 16.4. The maximum atomic E-state index is 12.4. The summed E-state index contributed by atoms with van der Waals surface area (Å²) in [5.41, 5.74) is 1.90. The number of nitrogens with zero attached hydrogens (tertiary/aromatic N) is 1. The molecule has 1 N–H and O–H groups in total. The summed E-state index contributed by atoms with van der Waals surface area (Å²) in [4.78, 5) is 14.6. The third-order valence-electron chi connectivity index (χ3n) is 3.80. The molecule has 1 aliphatic carbocycles. The number of halogens is 2. The molecule has 122 valence electrons. The fourth-order valence-electron chi connectivity index (χ4n) is 2.54. The van der Waals surface area contributed by atoms with Crippen molar-refractivity contribution in [2.45, 2.75) is 32.4 Å². The van der Waals surface area contributed by atoms with Gasteiger partial charge in [-0.25, -0.2) is 0 Å². The Hall–Kier alpha value is -1.11. The Kier molecular flexibility index (Phi) is 5.24. The van der Waals surface area contributed by atoms with Gasteiger partial charge in [-0.2, -0.15) is 0 Å². The summed E-state index contributed by atoms with van der Waals surface area (Å²) >= 11 is 7.02. The number of benzene rings is 1. The first kappa shape index (κ1) is 16.7. The molecule has 0 unspecified atom stereocenters. The number of aryl methyl sites for hydroxylation is 1. The monoisotopic (exact) mass is 440 g/mol. The van der Waals surface area contributed by atoms with E-state index in [0.29, 0.717) is 19.1 Å². The van der Waals surface area contributed by atoms with Crippen molar-refractivity contribution in [1.29, 1.82) is 0 Å². The van der Waals surface area contributed by atoms with Gasteiger partial charge in [-0.15, -0.1) is 0 Å². The second kappa shape index (κ2) is 7.20. The van der Waals surface area contributed by atoms with E-state index in [-0.39, 0.29) is 5.91 Å². The topological polar surface area (TPSA) is 45.5 Å². The number of hydrogen-bond donors (Lipinski definition) is 1. The van der Waals surface area contributed by atoms with Crippen LogP contribution in [0.3, 0.4) is 0 Å². The minimum absolute atomic E-state index is 0.0197. The molecule has 3 rings (SSSR count). The van der Waals surface area contributed by atoms with E-state index in [2.05, 4.69) is 42.1 Å². The summed E-state index contributed by atoms with van der Waals surface area (Å²) in [5.74, 6) is 0.871. The highest BCUT2D eigenvalue weighted by atomic mass is 79.9. The van der Waals surface area contributed by atoms with E-state index >= 15 is 0 Å². The first-order chi connectivity index (χ1) is 11.0. The number of nitrogens with one attached hydrogen (secondary N) is 1. The maximum Gasteiger partial charge on any atom is 0.238 e. The molecule has 0 bridgehead atoms. The van der Waals surface area contributed by atoms with E-state index in [1.165, 1.54) is 0 Å². The van der Waals surface area contributed by atoms with Gasteiger partial charge in [0.1, 0.15) is 5.76 Å². The lowest BCUT2D eigenvalue weighted by atomic mass is 10.2. The van der Waals surface area contributed by atoms with Crippen molar-refractivity contribution in [3.8, 4) is 0 Å². The zero-order valence-electron chi connectivity index (χ0n) is 12.8. The van der Waals surface area contributed by atoms with Crippen LogP contribution in [0.25, 0.3) is 0 Å². The SMILES string of the molecule is Cc1cc(Br)c(NC(=O)CN(Cc2ccco2)C2CC2)c(Br)c1. The van der Waals surface area contributed by atoms with Gasteiger partial charge < -0.3 is 9.73 Å². The van der Waals surface area contributed by atoms with Gasteiger partial charge in [-0.1, -0.05) is 0 Å². The molecule has 1 aromatic carbocycles. The molecule has 1 aromatic heterocycles. The van der Waals surface area contributed by atoms with E-state index in [1.54, 1.807) is 6.26 Å². The molecular formula is C17H18Br2N2O2. The van der Waals surface area contributed by atoms with Crippen LogP contribution in [0.1, 0.15) is 24.2 Å². The highest BCUT2D eigenvalue weighted by molar-refractivity contribution is 9.11. The Labute approximate surface area is 152 Å². The molecule has 0 radical (unpaired) electrons. The average molecular weight is 442 g/mol. The Balaban J connectivity index is 1.66. The lowest BCUT2D eigenvalue weighted by Gasteiger charge is -2.20. The average Bonchev–Trinajstić information content (AvgIpc) is 3.20. The Morgan fingerprint density at radius 2 is 2.04 bits per heavy atom. The van der Waals surface area contributed by atoms with Crippen LogP contribution in [0.4, 0.5) is 5.69 Å². The molecule has 0 spiro atoms. The van der Waals surface area contributed by atoms with Crippen molar-refractivity contribution < 1.29 is 9.21 Å². The lowest BCUT2D eigenvalue weighted by molar-refractivity contribution is -0.117. The fourth-order valence-corrected chi connectivity index (χ4v) is 4.15. The number of rotatable bonds is 6. The van der Waals surface area contributed by atoms with Crippen LogP contribution < -0.4 is 5.32 Å². The van der Waals surface area contributed by atoms with E-state index in [0.717, 1.165) is 38.8 Å². The number of furan rings is 1. The Morgan fingerprint density at radius 1 is 1.35 bits per heavy atom. The van der Waals surface area contributed by atoms with E-state index in [1.807, 2.05) is 31.2 Å². The van der Waals surface area contributed by atoms with Crippen LogP contribution in [-0.2, 0) is 11.3 Å². The molecule has 1 fully saturated rings. The number of carbonyl (C=O) groups is 1. The maximum absolute atomic E-state index is 12.4. The molecular weight excluding hydrogens is 424 g/mol. The minimum Gasteiger partial charge on any atom is -0.468 e. The molecule has 0 saturated heterocycles. The molecule has 0 aliphatic heterocycles. The summed E-state index contributed by atoms with van der Waals surface area (Å²) in [6.07, 6.45) is 3.96. The first-order valence-electron chi connectivity index (χ1n) is 7.55. The fraction of sp³-hybridized carbons (Fsp3) is 0.353. The predicted molar refractivity (Wildman–Crippen MR) is 97.3 cm³/mol. The smallest absolute Gasteiger partial charge is 0.238 e. The quantitative estimate of drug-likeness (QED) is 0.705. The van der Waals surface area contributed by atoms with Crippen LogP contribution >= 0.6 is 31.9 Å². The van der Waals surface area contributed by atoms with E-state index in [4.69, 9.17) is 4.42 Å². The van der Waals surface area contributed by atoms with Gasteiger partial charge in [0.2, 0.25) is 5.91 Å². The van der Waals surface area contributed by atoms with Gasteiger partial charge in [0.15, 0.2) is 0 Å². The molecule has 23 heavy (non-hydrogen) atoms. The van der Waals surface area contributed by atoms with Gasteiger partial charge in [0, 0.05) is 15.0 Å². The molecule has 1 aliphatic rings. The van der Waals surface area contributed by atoms with Crippen molar-refractivity contribution in [3.63, 3.8) is 0 Å². The number of hydrogen-bond acceptors (Lipinski definition) is 3. The van der Waals surface area contributed by atoms with E-state index in [9.17, 15) is 4.79 Å². The van der Waals surface area contributed by atoms with Gasteiger partial charge >= 0.3 is 0 Å². The molecule has 4 nitrogen and oxygen atoms in total. The normalized spacial score (nSPS) is 14.3.